The number of nitrogens with one attached hydrogen (secondary N) is 3. The van der Waals surface area contributed by atoms with Crippen molar-refractivity contribution in [1.82, 2.24) is 9.88 Å². The number of hydrogen-bond donors (Lipinski definition) is 3. The molecule has 3 N–H and O–H groups in total. The molecule has 6 nitrogen and oxygen atoms in total. The Morgan fingerprint density at radius 3 is 2.16 bits per heavy atom. The Hall–Kier alpha value is -4.27. The lowest BCUT2D eigenvalue weighted by molar-refractivity contribution is -0.116. The molecule has 0 atom stereocenters. The maximum atomic E-state index is 12.9. The summed E-state index contributed by atoms with van der Waals surface area (Å²) in [7, 11) is 0. The molecular formula is C35H45F3N4O2. The maximum absolute atomic E-state index is 12.9. The number of rotatable bonds is 14. The largest absolute Gasteiger partial charge is 0.412 e. The van der Waals surface area contributed by atoms with Gasteiger partial charge in [-0.1, -0.05) is 72.0 Å². The van der Waals surface area contributed by atoms with Crippen LogP contribution in [0.1, 0.15) is 79.1 Å². The molecule has 0 fully saturated rings. The fraction of sp³-hybridized carbons (Fsp3) is 0.371. The average molecular weight is 611 g/mol. The van der Waals surface area contributed by atoms with Crippen molar-refractivity contribution in [1.29, 1.82) is 0 Å². The normalized spacial score (nSPS) is 11.9. The van der Waals surface area contributed by atoms with E-state index in [9.17, 15) is 22.8 Å². The minimum atomic E-state index is -4.50. The van der Waals surface area contributed by atoms with Crippen molar-refractivity contribution in [2.75, 3.05) is 10.6 Å². The molecule has 0 bridgehead atoms. The molecule has 1 heterocycles. The molecule has 0 aliphatic carbocycles. The van der Waals surface area contributed by atoms with E-state index in [1.165, 1.54) is 44.3 Å². The molecular weight excluding hydrogens is 565 g/mol. The second kappa shape index (κ2) is 18.4. The third kappa shape index (κ3) is 11.8. The molecule has 2 aromatic carbocycles. The molecule has 1 aromatic heterocycles. The first-order valence-electron chi connectivity index (χ1n) is 15.3. The molecule has 9 heteroatoms. The monoisotopic (exact) mass is 610 g/mol. The predicted octanol–water partition coefficient (Wildman–Crippen LogP) is 10.4. The van der Waals surface area contributed by atoms with Crippen LogP contribution in [0.4, 0.5) is 29.3 Å². The van der Waals surface area contributed by atoms with Gasteiger partial charge in [0.25, 0.3) is 0 Å². The Bertz CT molecular complexity index is 1420. The predicted molar refractivity (Wildman–Crippen MR) is 176 cm³/mol. The van der Waals surface area contributed by atoms with E-state index < -0.39 is 17.8 Å². The lowest BCUT2D eigenvalue weighted by Gasteiger charge is -2.12. The summed E-state index contributed by atoms with van der Waals surface area (Å²) in [4.78, 5) is 24.8. The SMILES string of the molecule is C=C/C=C(\C=C(/C)C(F)(F)F)NC(=O)Nc1ccc(-n2ccc3cc(NC(=O)CCCCCCCCC)ccc32)cc1.CC. The van der Waals surface area contributed by atoms with Gasteiger partial charge < -0.3 is 20.5 Å². The third-order valence-corrected chi connectivity index (χ3v) is 6.76. The first kappa shape index (κ1) is 35.9. The summed E-state index contributed by atoms with van der Waals surface area (Å²) in [6, 6.07) is 14.1. The zero-order chi connectivity index (χ0) is 32.5. The molecule has 0 unspecified atom stereocenters. The van der Waals surface area contributed by atoms with E-state index in [0.717, 1.165) is 48.1 Å². The number of amides is 3. The first-order valence-corrected chi connectivity index (χ1v) is 15.3. The van der Waals surface area contributed by atoms with Crippen molar-refractivity contribution in [2.24, 2.45) is 0 Å². The topological polar surface area (TPSA) is 75.2 Å². The van der Waals surface area contributed by atoms with E-state index in [1.54, 1.807) is 12.1 Å². The van der Waals surface area contributed by atoms with Gasteiger partial charge in [0.05, 0.1) is 5.52 Å². The Morgan fingerprint density at radius 1 is 0.886 bits per heavy atom. The van der Waals surface area contributed by atoms with Crippen molar-refractivity contribution in [3.63, 3.8) is 0 Å². The molecule has 0 radical (unpaired) electrons. The van der Waals surface area contributed by atoms with Crippen LogP contribution in [0.2, 0.25) is 0 Å². The van der Waals surface area contributed by atoms with Gasteiger partial charge in [-0.3, -0.25) is 4.79 Å². The van der Waals surface area contributed by atoms with Gasteiger partial charge in [0.1, 0.15) is 0 Å². The molecule has 44 heavy (non-hydrogen) atoms. The molecule has 0 saturated heterocycles. The summed E-state index contributed by atoms with van der Waals surface area (Å²) in [5.74, 6) is 0.0214. The molecule has 3 rings (SSSR count). The van der Waals surface area contributed by atoms with Crippen LogP contribution >= 0.6 is 0 Å². The molecule has 0 spiro atoms. The van der Waals surface area contributed by atoms with Crippen LogP contribution in [-0.4, -0.2) is 22.7 Å². The Kier molecular flexibility index (Phi) is 15.0. The van der Waals surface area contributed by atoms with Crippen molar-refractivity contribution in [3.05, 3.63) is 90.8 Å². The summed E-state index contributed by atoms with van der Waals surface area (Å²) in [6.45, 7) is 10.6. The van der Waals surface area contributed by atoms with Crippen molar-refractivity contribution in [3.8, 4) is 5.69 Å². The number of urea groups is 1. The highest BCUT2D eigenvalue weighted by Gasteiger charge is 2.30. The molecule has 238 valence electrons. The zero-order valence-corrected chi connectivity index (χ0v) is 26.2. The van der Waals surface area contributed by atoms with Gasteiger partial charge in [-0.25, -0.2) is 4.79 Å². The fourth-order valence-corrected chi connectivity index (χ4v) is 4.48. The molecule has 0 aliphatic heterocycles. The summed E-state index contributed by atoms with van der Waals surface area (Å²) >= 11 is 0. The number of fused-ring (bicyclic) bond motifs is 1. The van der Waals surface area contributed by atoms with Gasteiger partial charge >= 0.3 is 12.2 Å². The van der Waals surface area contributed by atoms with E-state index in [4.69, 9.17) is 0 Å². The average Bonchev–Trinajstić information content (AvgIpc) is 3.41. The number of nitrogens with zero attached hydrogens (tertiary/aromatic N) is 1. The van der Waals surface area contributed by atoms with Gasteiger partial charge in [0.2, 0.25) is 5.91 Å². The van der Waals surface area contributed by atoms with Crippen LogP contribution < -0.4 is 16.0 Å². The number of unbranched alkanes of at least 4 members (excludes halogenated alkanes) is 6. The first-order chi connectivity index (χ1) is 21.1. The van der Waals surface area contributed by atoms with Crippen LogP contribution in [0.3, 0.4) is 0 Å². The van der Waals surface area contributed by atoms with Gasteiger partial charge in [-0.05, 0) is 74.0 Å². The van der Waals surface area contributed by atoms with Crippen LogP contribution in [0.15, 0.2) is 90.8 Å². The fourth-order valence-electron chi connectivity index (χ4n) is 4.48. The number of alkyl halides is 3. The second-order valence-electron chi connectivity index (χ2n) is 10.2. The summed E-state index contributed by atoms with van der Waals surface area (Å²) in [6.07, 6.45) is 9.50. The van der Waals surface area contributed by atoms with E-state index in [-0.39, 0.29) is 11.6 Å². The summed E-state index contributed by atoms with van der Waals surface area (Å²) in [5, 5.41) is 8.99. The quantitative estimate of drug-likeness (QED) is 0.125. The lowest BCUT2D eigenvalue weighted by Crippen LogP contribution is -2.28. The standard InChI is InChI=1S/C33H39F3N4O2.C2H6/c1-4-6-7-8-9-10-11-13-31(41)37-28-16-19-30-25(23-28)20-21-40(30)29-17-14-26(15-18-29)38-32(42)39-27(12-5-2)22-24(3)33(34,35)36;1-2/h5,12,14-23H,2,4,6-11,13H2,1,3H3,(H,37,41)(H2,38,39,42);1-2H3/b24-22+,27-12+;. The van der Waals surface area contributed by atoms with E-state index in [0.29, 0.717) is 12.1 Å². The van der Waals surface area contributed by atoms with E-state index in [1.807, 2.05) is 61.0 Å². The van der Waals surface area contributed by atoms with Crippen molar-refractivity contribution < 1.29 is 22.8 Å². The van der Waals surface area contributed by atoms with Crippen LogP contribution in [0.25, 0.3) is 16.6 Å². The van der Waals surface area contributed by atoms with Gasteiger partial charge in [0, 0.05) is 46.3 Å². The number of anilines is 2. The highest BCUT2D eigenvalue weighted by Crippen LogP contribution is 2.26. The number of halogens is 3. The number of aromatic nitrogens is 1. The number of allylic oxidation sites excluding steroid dienone is 4. The Morgan fingerprint density at radius 2 is 1.52 bits per heavy atom. The van der Waals surface area contributed by atoms with Crippen LogP contribution in [0.5, 0.6) is 0 Å². The van der Waals surface area contributed by atoms with Crippen LogP contribution in [0, 0.1) is 0 Å². The minimum absolute atomic E-state index is 0.0214. The Labute approximate surface area is 259 Å². The third-order valence-electron chi connectivity index (χ3n) is 6.76. The van der Waals surface area contributed by atoms with Crippen molar-refractivity contribution in [2.45, 2.75) is 85.2 Å². The molecule has 3 aromatic rings. The number of carbonyl (C=O) groups excluding carboxylic acids is 2. The van der Waals surface area contributed by atoms with E-state index >= 15 is 0 Å². The van der Waals surface area contributed by atoms with Gasteiger partial charge in [-0.15, -0.1) is 0 Å². The highest BCUT2D eigenvalue weighted by molar-refractivity contribution is 5.94. The summed E-state index contributed by atoms with van der Waals surface area (Å²) < 4.78 is 40.6. The second-order valence-corrected chi connectivity index (χ2v) is 10.2. The number of hydrogen-bond acceptors (Lipinski definition) is 2. The minimum Gasteiger partial charge on any atom is -0.326 e. The van der Waals surface area contributed by atoms with Gasteiger partial charge in [0.15, 0.2) is 0 Å². The zero-order valence-electron chi connectivity index (χ0n) is 26.2. The molecule has 0 saturated carbocycles. The highest BCUT2D eigenvalue weighted by atomic mass is 19.4. The number of carbonyl (C=O) groups is 2. The summed E-state index contributed by atoms with van der Waals surface area (Å²) in [5.41, 5.74) is 2.13. The smallest absolute Gasteiger partial charge is 0.326 e. The molecule has 3 amide bonds. The number of benzene rings is 2. The Balaban J connectivity index is 0.00000330. The van der Waals surface area contributed by atoms with E-state index in [2.05, 4.69) is 29.5 Å². The van der Waals surface area contributed by atoms with Crippen molar-refractivity contribution >= 4 is 34.2 Å². The molecule has 0 aliphatic rings. The maximum Gasteiger partial charge on any atom is 0.412 e. The van der Waals surface area contributed by atoms with Gasteiger partial charge in [-0.2, -0.15) is 13.2 Å². The lowest BCUT2D eigenvalue weighted by atomic mass is 10.1. The van der Waals surface area contributed by atoms with Crippen LogP contribution in [-0.2, 0) is 4.79 Å².